The molecule has 0 unspecified atom stereocenters. The van der Waals surface area contributed by atoms with Crippen LogP contribution in [-0.2, 0) is 10.5 Å². The number of hydrogen-bond acceptors (Lipinski definition) is 3. The van der Waals surface area contributed by atoms with E-state index in [0.717, 1.165) is 17.9 Å². The van der Waals surface area contributed by atoms with Gasteiger partial charge in [-0.2, -0.15) is 0 Å². The first-order chi connectivity index (χ1) is 8.58. The molecule has 0 saturated carbocycles. The number of nitrogens with zero attached hydrogens (tertiary/aromatic N) is 1. The Labute approximate surface area is 112 Å². The van der Waals surface area contributed by atoms with Gasteiger partial charge in [0.2, 0.25) is 5.91 Å². The van der Waals surface area contributed by atoms with E-state index >= 15 is 0 Å². The predicted molar refractivity (Wildman–Crippen MR) is 74.1 cm³/mol. The summed E-state index contributed by atoms with van der Waals surface area (Å²) in [5.41, 5.74) is 1.03. The molecule has 0 aliphatic heterocycles. The molecule has 0 atom stereocenters. The molecule has 0 radical (unpaired) electrons. The standard InChI is InChI=1S/C13H19FN2OS/c1-16(2)8-7-15-13(17)10-18-9-11-3-5-12(14)6-4-11/h3-6H,7-10H2,1-2H3,(H,15,17). The van der Waals surface area contributed by atoms with E-state index in [0.29, 0.717) is 12.3 Å². The van der Waals surface area contributed by atoms with Gasteiger partial charge in [0.05, 0.1) is 5.75 Å². The van der Waals surface area contributed by atoms with Gasteiger partial charge in [-0.25, -0.2) is 4.39 Å². The quantitative estimate of drug-likeness (QED) is 0.819. The van der Waals surface area contributed by atoms with Crippen LogP contribution in [0.5, 0.6) is 0 Å². The van der Waals surface area contributed by atoms with Crippen LogP contribution in [0, 0.1) is 5.82 Å². The summed E-state index contributed by atoms with van der Waals surface area (Å²) >= 11 is 1.53. The van der Waals surface area contributed by atoms with Gasteiger partial charge in [-0.15, -0.1) is 11.8 Å². The third-order valence-corrected chi connectivity index (χ3v) is 3.30. The maximum atomic E-state index is 12.7. The van der Waals surface area contributed by atoms with Crippen LogP contribution in [-0.4, -0.2) is 43.7 Å². The largest absolute Gasteiger partial charge is 0.354 e. The highest BCUT2D eigenvalue weighted by molar-refractivity contribution is 7.99. The van der Waals surface area contributed by atoms with Gasteiger partial charge in [0.15, 0.2) is 0 Å². The number of thioether (sulfide) groups is 1. The summed E-state index contributed by atoms with van der Waals surface area (Å²) in [4.78, 5) is 13.5. The van der Waals surface area contributed by atoms with Crippen molar-refractivity contribution >= 4 is 17.7 Å². The molecule has 1 aromatic rings. The predicted octanol–water partition coefficient (Wildman–Crippen LogP) is 1.74. The van der Waals surface area contributed by atoms with Crippen LogP contribution in [0.4, 0.5) is 4.39 Å². The SMILES string of the molecule is CN(C)CCNC(=O)CSCc1ccc(F)cc1. The summed E-state index contributed by atoms with van der Waals surface area (Å²) < 4.78 is 12.7. The van der Waals surface area contributed by atoms with Crippen molar-refractivity contribution in [3.05, 3.63) is 35.6 Å². The van der Waals surface area contributed by atoms with Crippen LogP contribution in [0.3, 0.4) is 0 Å². The Morgan fingerprint density at radius 2 is 2.00 bits per heavy atom. The second kappa shape index (κ2) is 8.11. The molecule has 0 spiro atoms. The molecule has 0 aliphatic carbocycles. The van der Waals surface area contributed by atoms with Crippen molar-refractivity contribution in [1.82, 2.24) is 10.2 Å². The van der Waals surface area contributed by atoms with Gasteiger partial charge >= 0.3 is 0 Å². The van der Waals surface area contributed by atoms with Crippen LogP contribution in [0.2, 0.25) is 0 Å². The molecule has 1 rings (SSSR count). The van der Waals surface area contributed by atoms with E-state index < -0.39 is 0 Å². The molecule has 1 N–H and O–H groups in total. The van der Waals surface area contributed by atoms with E-state index in [-0.39, 0.29) is 11.7 Å². The lowest BCUT2D eigenvalue weighted by Crippen LogP contribution is -2.32. The van der Waals surface area contributed by atoms with Crippen molar-refractivity contribution in [1.29, 1.82) is 0 Å². The van der Waals surface area contributed by atoms with Crippen molar-refractivity contribution in [3.8, 4) is 0 Å². The molecule has 1 aromatic carbocycles. The fourth-order valence-electron chi connectivity index (χ4n) is 1.31. The highest BCUT2D eigenvalue weighted by atomic mass is 32.2. The van der Waals surface area contributed by atoms with Gasteiger partial charge in [0.25, 0.3) is 0 Å². The number of carbonyl (C=O) groups excluding carboxylic acids is 1. The van der Waals surface area contributed by atoms with Crippen molar-refractivity contribution in [2.75, 3.05) is 32.9 Å². The number of halogens is 1. The van der Waals surface area contributed by atoms with Gasteiger partial charge in [0, 0.05) is 18.8 Å². The Morgan fingerprint density at radius 3 is 2.61 bits per heavy atom. The Morgan fingerprint density at radius 1 is 1.33 bits per heavy atom. The fourth-order valence-corrected chi connectivity index (χ4v) is 2.13. The van der Waals surface area contributed by atoms with Crippen LogP contribution >= 0.6 is 11.8 Å². The van der Waals surface area contributed by atoms with E-state index in [1.165, 1.54) is 23.9 Å². The number of rotatable bonds is 7. The van der Waals surface area contributed by atoms with Crippen molar-refractivity contribution in [2.45, 2.75) is 5.75 Å². The van der Waals surface area contributed by atoms with Crippen LogP contribution in [0.15, 0.2) is 24.3 Å². The van der Waals surface area contributed by atoms with Gasteiger partial charge in [0.1, 0.15) is 5.82 Å². The number of likely N-dealkylation sites (N-methyl/N-ethyl adjacent to an activating group) is 1. The van der Waals surface area contributed by atoms with Crippen LogP contribution in [0.25, 0.3) is 0 Å². The minimum Gasteiger partial charge on any atom is -0.354 e. The molecule has 1 amide bonds. The third kappa shape index (κ3) is 6.61. The molecule has 100 valence electrons. The highest BCUT2D eigenvalue weighted by Gasteiger charge is 2.02. The van der Waals surface area contributed by atoms with Crippen molar-refractivity contribution in [3.63, 3.8) is 0 Å². The molecule has 0 fully saturated rings. The molecule has 0 heterocycles. The van der Waals surface area contributed by atoms with Gasteiger partial charge in [-0.3, -0.25) is 4.79 Å². The number of nitrogens with one attached hydrogen (secondary N) is 1. The van der Waals surface area contributed by atoms with Crippen molar-refractivity contribution < 1.29 is 9.18 Å². The zero-order chi connectivity index (χ0) is 13.4. The number of amides is 1. The zero-order valence-corrected chi connectivity index (χ0v) is 11.6. The molecule has 18 heavy (non-hydrogen) atoms. The number of benzene rings is 1. The molecule has 0 aliphatic rings. The summed E-state index contributed by atoms with van der Waals surface area (Å²) in [7, 11) is 3.94. The summed E-state index contributed by atoms with van der Waals surface area (Å²) in [6, 6.07) is 6.36. The lowest BCUT2D eigenvalue weighted by molar-refractivity contribution is -0.118. The minimum atomic E-state index is -0.231. The molecule has 5 heteroatoms. The Kier molecular flexibility index (Phi) is 6.75. The van der Waals surface area contributed by atoms with Crippen LogP contribution in [0.1, 0.15) is 5.56 Å². The maximum absolute atomic E-state index is 12.7. The molecule has 3 nitrogen and oxygen atoms in total. The topological polar surface area (TPSA) is 32.3 Å². The maximum Gasteiger partial charge on any atom is 0.230 e. The molecular weight excluding hydrogens is 251 g/mol. The van der Waals surface area contributed by atoms with Gasteiger partial charge < -0.3 is 10.2 Å². The minimum absolute atomic E-state index is 0.0453. The van der Waals surface area contributed by atoms with Gasteiger partial charge in [-0.1, -0.05) is 12.1 Å². The molecule has 0 aromatic heterocycles. The zero-order valence-electron chi connectivity index (χ0n) is 10.8. The van der Waals surface area contributed by atoms with E-state index in [4.69, 9.17) is 0 Å². The average Bonchev–Trinajstić information content (AvgIpc) is 2.31. The third-order valence-electron chi connectivity index (χ3n) is 2.30. The number of hydrogen-bond donors (Lipinski definition) is 1. The second-order valence-corrected chi connectivity index (χ2v) is 5.26. The summed E-state index contributed by atoms with van der Waals surface area (Å²) in [5.74, 6) is 0.973. The Hall–Kier alpha value is -1.07. The van der Waals surface area contributed by atoms with Crippen molar-refractivity contribution in [2.24, 2.45) is 0 Å². The van der Waals surface area contributed by atoms with E-state index in [1.807, 2.05) is 19.0 Å². The molecule has 0 saturated heterocycles. The molecule has 0 bridgehead atoms. The van der Waals surface area contributed by atoms with E-state index in [2.05, 4.69) is 5.32 Å². The smallest absolute Gasteiger partial charge is 0.230 e. The molecular formula is C13H19FN2OS. The first-order valence-electron chi connectivity index (χ1n) is 5.81. The second-order valence-electron chi connectivity index (χ2n) is 4.27. The lowest BCUT2D eigenvalue weighted by atomic mass is 10.2. The summed E-state index contributed by atoms with van der Waals surface area (Å²) in [6.07, 6.45) is 0. The average molecular weight is 270 g/mol. The first-order valence-corrected chi connectivity index (χ1v) is 6.97. The van der Waals surface area contributed by atoms with Gasteiger partial charge in [-0.05, 0) is 31.8 Å². The monoisotopic (exact) mass is 270 g/mol. The first kappa shape index (κ1) is 15.0. The Balaban J connectivity index is 2.13. The normalized spacial score (nSPS) is 10.7. The van der Waals surface area contributed by atoms with E-state index in [1.54, 1.807) is 12.1 Å². The lowest BCUT2D eigenvalue weighted by Gasteiger charge is -2.10. The Bertz CT molecular complexity index is 368. The number of carbonyl (C=O) groups is 1. The summed E-state index contributed by atoms with van der Waals surface area (Å²) in [6.45, 7) is 1.51. The van der Waals surface area contributed by atoms with Crippen LogP contribution < -0.4 is 5.32 Å². The van der Waals surface area contributed by atoms with E-state index in [9.17, 15) is 9.18 Å². The fraction of sp³-hybridized carbons (Fsp3) is 0.462. The highest BCUT2D eigenvalue weighted by Crippen LogP contribution is 2.12. The summed E-state index contributed by atoms with van der Waals surface area (Å²) in [5, 5.41) is 2.85.